The molecule has 0 unspecified atom stereocenters. The first-order chi connectivity index (χ1) is 16.8. The monoisotopic (exact) mass is 488 g/mol. The zero-order valence-electron chi connectivity index (χ0n) is 19.9. The molecule has 0 radical (unpaired) electrons. The number of carbonyl (C=O) groups is 1. The molecule has 2 N–H and O–H groups in total. The van der Waals surface area contributed by atoms with Crippen LogP contribution >= 0.6 is 0 Å². The molecule has 0 saturated carbocycles. The SMILES string of the molecule is CCc1cccc2c(C=NNC(=O)c3ccc(CN(C)S(=O)(=O)c4ccc(C)cc4)cc3)c[nH]c12. The summed E-state index contributed by atoms with van der Waals surface area (Å²) in [5.74, 6) is -0.345. The summed E-state index contributed by atoms with van der Waals surface area (Å²) in [6.07, 6.45) is 4.42. The molecule has 0 saturated heterocycles. The van der Waals surface area contributed by atoms with Crippen molar-refractivity contribution in [2.75, 3.05) is 7.05 Å². The highest BCUT2D eigenvalue weighted by molar-refractivity contribution is 7.89. The van der Waals surface area contributed by atoms with E-state index in [4.69, 9.17) is 0 Å². The Morgan fingerprint density at radius 1 is 1.06 bits per heavy atom. The lowest BCUT2D eigenvalue weighted by Gasteiger charge is -2.17. The van der Waals surface area contributed by atoms with Gasteiger partial charge >= 0.3 is 0 Å². The third-order valence-corrected chi connectivity index (χ3v) is 7.75. The normalized spacial score (nSPS) is 12.0. The van der Waals surface area contributed by atoms with Crippen molar-refractivity contribution in [1.82, 2.24) is 14.7 Å². The lowest BCUT2D eigenvalue weighted by atomic mass is 10.1. The average Bonchev–Trinajstić information content (AvgIpc) is 3.28. The number of fused-ring (bicyclic) bond motifs is 1. The number of nitrogens with one attached hydrogen (secondary N) is 2. The molecule has 0 aliphatic heterocycles. The zero-order chi connectivity index (χ0) is 25.0. The molecule has 3 aromatic carbocycles. The number of aryl methyl sites for hydroxylation is 2. The number of aromatic amines is 1. The van der Waals surface area contributed by atoms with Crippen LogP contribution in [0.25, 0.3) is 10.9 Å². The van der Waals surface area contributed by atoms with Crippen LogP contribution in [0.15, 0.2) is 82.9 Å². The number of aromatic nitrogens is 1. The molecule has 0 aliphatic carbocycles. The van der Waals surface area contributed by atoms with E-state index in [1.165, 1.54) is 9.87 Å². The second kappa shape index (κ2) is 10.2. The molecular formula is C27H28N4O3S. The van der Waals surface area contributed by atoms with E-state index in [1.54, 1.807) is 61.8 Å². The highest BCUT2D eigenvalue weighted by atomic mass is 32.2. The summed E-state index contributed by atoms with van der Waals surface area (Å²) in [4.78, 5) is 16.0. The topological polar surface area (TPSA) is 94.6 Å². The molecule has 0 bridgehead atoms. The smallest absolute Gasteiger partial charge is 0.271 e. The second-order valence-corrected chi connectivity index (χ2v) is 10.5. The fraction of sp³-hybridized carbons (Fsp3) is 0.185. The van der Waals surface area contributed by atoms with Gasteiger partial charge in [0.15, 0.2) is 0 Å². The lowest BCUT2D eigenvalue weighted by molar-refractivity contribution is 0.0955. The molecule has 1 amide bonds. The van der Waals surface area contributed by atoms with Gasteiger partial charge in [-0.05, 0) is 48.7 Å². The van der Waals surface area contributed by atoms with Crippen molar-refractivity contribution in [3.63, 3.8) is 0 Å². The van der Waals surface area contributed by atoms with Crippen molar-refractivity contribution >= 4 is 33.0 Å². The van der Waals surface area contributed by atoms with Crippen LogP contribution < -0.4 is 5.43 Å². The quantitative estimate of drug-likeness (QED) is 0.280. The van der Waals surface area contributed by atoms with Crippen LogP contribution in [0.3, 0.4) is 0 Å². The number of amides is 1. The molecular weight excluding hydrogens is 460 g/mol. The molecule has 0 aliphatic rings. The van der Waals surface area contributed by atoms with Crippen LogP contribution in [-0.2, 0) is 23.0 Å². The van der Waals surface area contributed by atoms with Gasteiger partial charge in [-0.2, -0.15) is 9.41 Å². The van der Waals surface area contributed by atoms with Gasteiger partial charge in [-0.25, -0.2) is 13.8 Å². The Bertz CT molecular complexity index is 1470. The minimum atomic E-state index is -3.60. The minimum Gasteiger partial charge on any atom is -0.360 e. The standard InChI is InChI=1S/C27H28N4O3S/c1-4-21-6-5-7-25-23(16-28-26(21)25)17-29-30-27(32)22-12-10-20(11-13-22)18-31(3)35(33,34)24-14-8-19(2)9-15-24/h5-17,28H,4,18H2,1-3H3,(H,30,32). The van der Waals surface area contributed by atoms with E-state index in [2.05, 4.69) is 28.5 Å². The third-order valence-electron chi connectivity index (χ3n) is 5.93. The van der Waals surface area contributed by atoms with Crippen LogP contribution in [0.4, 0.5) is 0 Å². The lowest BCUT2D eigenvalue weighted by Crippen LogP contribution is -2.26. The van der Waals surface area contributed by atoms with E-state index in [0.29, 0.717) is 5.56 Å². The van der Waals surface area contributed by atoms with Crippen molar-refractivity contribution in [1.29, 1.82) is 0 Å². The van der Waals surface area contributed by atoms with Gasteiger partial charge in [-0.3, -0.25) is 4.79 Å². The molecule has 7 nitrogen and oxygen atoms in total. The summed E-state index contributed by atoms with van der Waals surface area (Å²) < 4.78 is 26.9. The molecule has 0 fully saturated rings. The third kappa shape index (κ3) is 5.34. The fourth-order valence-corrected chi connectivity index (χ4v) is 5.02. The van der Waals surface area contributed by atoms with Crippen LogP contribution in [0.5, 0.6) is 0 Å². The van der Waals surface area contributed by atoms with Gasteiger partial charge in [-0.1, -0.05) is 55.0 Å². The summed E-state index contributed by atoms with van der Waals surface area (Å²) in [6, 6.07) is 19.7. The van der Waals surface area contributed by atoms with Crippen LogP contribution in [-0.4, -0.2) is 36.9 Å². The number of carbonyl (C=O) groups excluding carboxylic acids is 1. The first kappa shape index (κ1) is 24.4. The first-order valence-electron chi connectivity index (χ1n) is 11.3. The molecule has 4 aromatic rings. The number of para-hydroxylation sites is 1. The molecule has 1 aromatic heterocycles. The van der Waals surface area contributed by atoms with Crippen molar-refractivity contribution < 1.29 is 13.2 Å². The van der Waals surface area contributed by atoms with E-state index < -0.39 is 10.0 Å². The Labute approximate surface area is 205 Å². The number of hydrogen-bond donors (Lipinski definition) is 2. The maximum Gasteiger partial charge on any atom is 0.271 e. The number of sulfonamides is 1. The summed E-state index contributed by atoms with van der Waals surface area (Å²) in [6.45, 7) is 4.21. The molecule has 1 heterocycles. The fourth-order valence-electron chi connectivity index (χ4n) is 3.86. The van der Waals surface area contributed by atoms with Gasteiger partial charge in [0.1, 0.15) is 0 Å². The second-order valence-electron chi connectivity index (χ2n) is 8.41. The van der Waals surface area contributed by atoms with Crippen molar-refractivity contribution in [3.8, 4) is 0 Å². The number of rotatable bonds is 8. The van der Waals surface area contributed by atoms with Crippen LogP contribution in [0.2, 0.25) is 0 Å². The maximum absolute atomic E-state index is 12.8. The summed E-state index contributed by atoms with van der Waals surface area (Å²) in [7, 11) is -2.06. The molecule has 35 heavy (non-hydrogen) atoms. The van der Waals surface area contributed by atoms with Crippen molar-refractivity contribution in [2.45, 2.75) is 31.7 Å². The molecule has 0 atom stereocenters. The number of benzene rings is 3. The maximum atomic E-state index is 12.8. The van der Waals surface area contributed by atoms with Gasteiger partial charge in [0.25, 0.3) is 5.91 Å². The molecule has 4 rings (SSSR count). The highest BCUT2D eigenvalue weighted by Crippen LogP contribution is 2.21. The van der Waals surface area contributed by atoms with E-state index >= 15 is 0 Å². The van der Waals surface area contributed by atoms with Gasteiger partial charge in [0.2, 0.25) is 10.0 Å². The first-order valence-corrected chi connectivity index (χ1v) is 12.8. The van der Waals surface area contributed by atoms with Gasteiger partial charge in [-0.15, -0.1) is 0 Å². The highest BCUT2D eigenvalue weighted by Gasteiger charge is 2.20. The Morgan fingerprint density at radius 2 is 1.77 bits per heavy atom. The number of hydrazone groups is 1. The number of hydrogen-bond acceptors (Lipinski definition) is 4. The van der Waals surface area contributed by atoms with Crippen molar-refractivity contribution in [2.24, 2.45) is 5.10 Å². The van der Waals surface area contributed by atoms with Gasteiger partial charge in [0, 0.05) is 41.8 Å². The Balaban J connectivity index is 1.39. The Kier molecular flexibility index (Phi) is 7.14. The predicted molar refractivity (Wildman–Crippen MR) is 139 cm³/mol. The average molecular weight is 489 g/mol. The molecule has 0 spiro atoms. The summed E-state index contributed by atoms with van der Waals surface area (Å²) in [5, 5.41) is 5.16. The zero-order valence-corrected chi connectivity index (χ0v) is 20.8. The minimum absolute atomic E-state index is 0.191. The Hall–Kier alpha value is -3.75. The Morgan fingerprint density at radius 3 is 2.46 bits per heavy atom. The van der Waals surface area contributed by atoms with E-state index in [0.717, 1.165) is 34.0 Å². The summed E-state index contributed by atoms with van der Waals surface area (Å²) in [5.41, 5.74) is 7.95. The molecule has 180 valence electrons. The van der Waals surface area contributed by atoms with Crippen LogP contribution in [0.1, 0.15) is 39.5 Å². The number of H-pyrrole nitrogens is 1. The largest absolute Gasteiger partial charge is 0.360 e. The van der Waals surface area contributed by atoms with E-state index in [9.17, 15) is 13.2 Å². The number of nitrogens with zero attached hydrogens (tertiary/aromatic N) is 2. The molecule has 8 heteroatoms. The van der Waals surface area contributed by atoms with E-state index in [1.807, 2.05) is 25.3 Å². The van der Waals surface area contributed by atoms with E-state index in [-0.39, 0.29) is 17.3 Å². The summed E-state index contributed by atoms with van der Waals surface area (Å²) >= 11 is 0. The van der Waals surface area contributed by atoms with Crippen LogP contribution in [0, 0.1) is 6.92 Å². The predicted octanol–water partition coefficient (Wildman–Crippen LogP) is 4.62. The van der Waals surface area contributed by atoms with Crippen molar-refractivity contribution in [3.05, 3.63) is 101 Å². The van der Waals surface area contributed by atoms with Gasteiger partial charge in [0.05, 0.1) is 11.1 Å². The van der Waals surface area contributed by atoms with Gasteiger partial charge < -0.3 is 4.98 Å².